The molecule has 0 atom stereocenters. The molecule has 1 aromatic rings. The van der Waals surface area contributed by atoms with Crippen molar-refractivity contribution in [3.63, 3.8) is 0 Å². The van der Waals surface area contributed by atoms with E-state index in [1.807, 2.05) is 49.2 Å². The Morgan fingerprint density at radius 2 is 1.86 bits per heavy atom. The maximum Gasteiger partial charge on any atom is 0.310 e. The average Bonchev–Trinajstić information content (AvgIpc) is 2.16. The maximum atomic E-state index is 5.79. The second kappa shape index (κ2) is 5.27. The fourth-order valence-electron chi connectivity index (χ4n) is 1.00. The van der Waals surface area contributed by atoms with Crippen LogP contribution in [0.25, 0.3) is 0 Å². The van der Waals surface area contributed by atoms with Crippen LogP contribution in [0.3, 0.4) is 0 Å². The Balaban J connectivity index is 2.78. The number of halogens is 1. The van der Waals surface area contributed by atoms with Crippen LogP contribution in [0.1, 0.15) is 0 Å². The number of rotatable bonds is 1. The lowest BCUT2D eigenvalue weighted by atomic mass is 10.3. The van der Waals surface area contributed by atoms with Crippen molar-refractivity contribution in [1.29, 1.82) is 0 Å². The average molecular weight is 230 g/mol. The number of anilines is 1. The molecule has 0 aliphatic rings. The lowest BCUT2D eigenvalue weighted by Gasteiger charge is -2.02. The van der Waals surface area contributed by atoms with E-state index in [4.69, 9.17) is 11.6 Å². The summed E-state index contributed by atoms with van der Waals surface area (Å²) in [7, 11) is 4.02. The molecule has 0 unspecified atom stereocenters. The molecule has 0 amide bonds. The first-order valence-electron chi connectivity index (χ1n) is 4.24. The fraction of sp³-hybridized carbons (Fsp3) is 0.300. The third-order valence-corrected chi connectivity index (χ3v) is 2.80. The van der Waals surface area contributed by atoms with Crippen molar-refractivity contribution >= 4 is 34.2 Å². The van der Waals surface area contributed by atoms with Crippen LogP contribution in [0.4, 0.5) is 5.69 Å². The molecule has 1 aromatic carbocycles. The summed E-state index contributed by atoms with van der Waals surface area (Å²) in [6, 6.07) is 7.67. The van der Waals surface area contributed by atoms with E-state index in [2.05, 4.69) is 5.32 Å². The number of hydrogen-bond donors (Lipinski definition) is 1. The molecule has 2 nitrogen and oxygen atoms in total. The van der Waals surface area contributed by atoms with E-state index < -0.39 is 0 Å². The highest BCUT2D eigenvalue weighted by atomic mass is 35.5. The Morgan fingerprint density at radius 3 is 2.29 bits per heavy atom. The van der Waals surface area contributed by atoms with Gasteiger partial charge in [-0.05, 0) is 42.3 Å². The van der Waals surface area contributed by atoms with Crippen molar-refractivity contribution in [3.05, 3.63) is 29.3 Å². The topological polar surface area (TPSA) is 15.0 Å². The third-order valence-electron chi connectivity index (χ3n) is 1.70. The molecule has 0 spiro atoms. The number of amidine groups is 1. The molecule has 0 aliphatic carbocycles. The maximum absolute atomic E-state index is 5.79. The van der Waals surface area contributed by atoms with Crippen LogP contribution in [0, 0.1) is 0 Å². The summed E-state index contributed by atoms with van der Waals surface area (Å²) in [6.45, 7) is 0. The Morgan fingerprint density at radius 1 is 1.29 bits per heavy atom. The Kier molecular flexibility index (Phi) is 4.29. The molecule has 0 saturated carbocycles. The highest BCUT2D eigenvalue weighted by Crippen LogP contribution is 2.14. The number of nitrogens with zero attached hydrogens (tertiary/aromatic N) is 1. The fourth-order valence-corrected chi connectivity index (χ4v) is 1.71. The SMILES string of the molecule is CSC(Nc1ccc(Cl)cc1)=[N+](C)C. The minimum atomic E-state index is 0.756. The molecule has 0 radical (unpaired) electrons. The molecule has 1 rings (SSSR count). The minimum Gasteiger partial charge on any atom is -0.261 e. The first-order chi connectivity index (χ1) is 6.63. The van der Waals surface area contributed by atoms with Crippen LogP contribution >= 0.6 is 23.4 Å². The van der Waals surface area contributed by atoms with Crippen LogP contribution in [0.2, 0.25) is 5.02 Å². The molecule has 1 N–H and O–H groups in total. The molecule has 4 heteroatoms. The summed E-state index contributed by atoms with van der Waals surface area (Å²) < 4.78 is 2.04. The Labute approximate surface area is 94.0 Å². The van der Waals surface area contributed by atoms with E-state index in [1.165, 1.54) is 0 Å². The molecule has 76 valence electrons. The van der Waals surface area contributed by atoms with Gasteiger partial charge in [0.15, 0.2) is 0 Å². The predicted octanol–water partition coefficient (Wildman–Crippen LogP) is 2.74. The summed E-state index contributed by atoms with van der Waals surface area (Å²) in [5.41, 5.74) is 1.05. The van der Waals surface area contributed by atoms with Gasteiger partial charge in [-0.3, -0.25) is 4.58 Å². The molecule has 0 bridgehead atoms. The zero-order chi connectivity index (χ0) is 10.6. The Bertz CT molecular complexity index is 328. The van der Waals surface area contributed by atoms with E-state index in [1.54, 1.807) is 11.8 Å². The standard InChI is InChI=1S/C10H13ClN2S/c1-13(2)10(14-3)12-9-6-4-8(11)5-7-9/h4-7H,1-3H3/p+1. The normalized spacial score (nSPS) is 9.71. The highest BCUT2D eigenvalue weighted by molar-refractivity contribution is 8.13. The first kappa shape index (κ1) is 11.4. The van der Waals surface area contributed by atoms with Crippen LogP contribution in [-0.4, -0.2) is 30.1 Å². The second-order valence-electron chi connectivity index (χ2n) is 3.04. The van der Waals surface area contributed by atoms with Crippen molar-refractivity contribution in [2.24, 2.45) is 0 Å². The highest BCUT2D eigenvalue weighted by Gasteiger charge is 2.06. The lowest BCUT2D eigenvalue weighted by Crippen LogP contribution is -2.18. The number of thioether (sulfide) groups is 1. The monoisotopic (exact) mass is 229 g/mol. The van der Waals surface area contributed by atoms with Crippen molar-refractivity contribution in [1.82, 2.24) is 0 Å². The van der Waals surface area contributed by atoms with Crippen molar-refractivity contribution < 1.29 is 4.58 Å². The molecule has 0 saturated heterocycles. The lowest BCUT2D eigenvalue weighted by molar-refractivity contribution is -0.461. The number of benzene rings is 1. The quantitative estimate of drug-likeness (QED) is 0.453. The van der Waals surface area contributed by atoms with Crippen molar-refractivity contribution in [2.45, 2.75) is 0 Å². The van der Waals surface area contributed by atoms with Gasteiger partial charge in [0.25, 0.3) is 0 Å². The molecular formula is C10H14ClN2S+. The van der Waals surface area contributed by atoms with E-state index >= 15 is 0 Å². The smallest absolute Gasteiger partial charge is 0.261 e. The van der Waals surface area contributed by atoms with Gasteiger partial charge < -0.3 is 0 Å². The summed E-state index contributed by atoms with van der Waals surface area (Å²) in [4.78, 5) is 0. The summed E-state index contributed by atoms with van der Waals surface area (Å²) >= 11 is 7.47. The minimum absolute atomic E-state index is 0.756. The van der Waals surface area contributed by atoms with E-state index in [-0.39, 0.29) is 0 Å². The van der Waals surface area contributed by atoms with Crippen molar-refractivity contribution in [3.8, 4) is 0 Å². The van der Waals surface area contributed by atoms with Gasteiger partial charge >= 0.3 is 5.17 Å². The van der Waals surface area contributed by atoms with Gasteiger partial charge in [-0.15, -0.1) is 0 Å². The van der Waals surface area contributed by atoms with Gasteiger partial charge in [-0.2, -0.15) is 0 Å². The molecular weight excluding hydrogens is 216 g/mol. The van der Waals surface area contributed by atoms with Crippen molar-refractivity contribution in [2.75, 3.05) is 25.7 Å². The summed E-state index contributed by atoms with van der Waals surface area (Å²) in [5.74, 6) is 0. The van der Waals surface area contributed by atoms with Crippen LogP contribution in [-0.2, 0) is 0 Å². The number of nitrogens with one attached hydrogen (secondary N) is 1. The third kappa shape index (κ3) is 3.24. The van der Waals surface area contributed by atoms with Gasteiger partial charge in [0.05, 0.1) is 14.1 Å². The van der Waals surface area contributed by atoms with Gasteiger partial charge in [-0.1, -0.05) is 11.6 Å². The summed E-state index contributed by atoms with van der Waals surface area (Å²) in [5, 5.41) is 5.16. The largest absolute Gasteiger partial charge is 0.310 e. The first-order valence-corrected chi connectivity index (χ1v) is 5.84. The van der Waals surface area contributed by atoms with Crippen LogP contribution in [0.15, 0.2) is 24.3 Å². The van der Waals surface area contributed by atoms with E-state index in [9.17, 15) is 0 Å². The Hall–Kier alpha value is -0.670. The second-order valence-corrected chi connectivity index (χ2v) is 4.27. The van der Waals surface area contributed by atoms with Gasteiger partial charge in [0.1, 0.15) is 5.69 Å². The van der Waals surface area contributed by atoms with E-state index in [0.29, 0.717) is 0 Å². The zero-order valence-corrected chi connectivity index (χ0v) is 10.1. The molecule has 0 aliphatic heterocycles. The van der Waals surface area contributed by atoms with Crippen LogP contribution < -0.4 is 5.32 Å². The molecule has 0 heterocycles. The zero-order valence-electron chi connectivity index (χ0n) is 8.54. The van der Waals surface area contributed by atoms with E-state index in [0.717, 1.165) is 15.9 Å². The summed E-state index contributed by atoms with van der Waals surface area (Å²) in [6.07, 6.45) is 2.04. The van der Waals surface area contributed by atoms with Crippen LogP contribution in [0.5, 0.6) is 0 Å². The molecule has 0 fully saturated rings. The van der Waals surface area contributed by atoms with Gasteiger partial charge in [0.2, 0.25) is 0 Å². The van der Waals surface area contributed by atoms with Gasteiger partial charge in [-0.25, -0.2) is 5.32 Å². The predicted molar refractivity (Wildman–Crippen MR) is 65.7 cm³/mol. The van der Waals surface area contributed by atoms with Gasteiger partial charge in [0, 0.05) is 5.02 Å². The molecule has 0 aromatic heterocycles. The number of hydrogen-bond acceptors (Lipinski definition) is 1. The molecule has 14 heavy (non-hydrogen) atoms.